The van der Waals surface area contributed by atoms with E-state index in [0.29, 0.717) is 19.7 Å². The molecular weight excluding hydrogens is 260 g/mol. The van der Waals surface area contributed by atoms with Gasteiger partial charge in [0.15, 0.2) is 0 Å². The van der Waals surface area contributed by atoms with Gasteiger partial charge in [0.05, 0.1) is 19.2 Å². The van der Waals surface area contributed by atoms with Gasteiger partial charge in [-0.3, -0.25) is 4.79 Å². The van der Waals surface area contributed by atoms with Crippen LogP contribution in [0.1, 0.15) is 18.6 Å². The number of amides is 1. The van der Waals surface area contributed by atoms with Crippen molar-refractivity contribution in [3.05, 3.63) is 22.4 Å². The molecule has 0 aliphatic carbocycles. The van der Waals surface area contributed by atoms with Crippen LogP contribution < -0.4 is 5.73 Å². The quantitative estimate of drug-likeness (QED) is 0.889. The molecular formula is C11H17ClN2O2S. The Kier molecular flexibility index (Phi) is 5.39. The molecule has 96 valence electrons. The first kappa shape index (κ1) is 14.4. The van der Waals surface area contributed by atoms with Crippen molar-refractivity contribution in [3.8, 4) is 0 Å². The number of carbonyl (C=O) groups excluding carboxylic acids is 1. The largest absolute Gasteiger partial charge is 0.370 e. The van der Waals surface area contributed by atoms with E-state index in [9.17, 15) is 4.79 Å². The second kappa shape index (κ2) is 6.35. The van der Waals surface area contributed by atoms with Crippen LogP contribution in [0.25, 0.3) is 0 Å². The number of thiophene rings is 1. The number of nitrogens with two attached hydrogens (primary N) is 1. The van der Waals surface area contributed by atoms with Gasteiger partial charge < -0.3 is 15.4 Å². The van der Waals surface area contributed by atoms with Gasteiger partial charge in [-0.25, -0.2) is 0 Å². The maximum absolute atomic E-state index is 11.8. The zero-order valence-corrected chi connectivity index (χ0v) is 11.3. The minimum atomic E-state index is -0.429. The molecule has 6 heteroatoms. The Bertz CT molecular complexity index is 356. The number of hydrogen-bond acceptors (Lipinski definition) is 4. The van der Waals surface area contributed by atoms with Gasteiger partial charge in [-0.15, -0.1) is 12.4 Å². The van der Waals surface area contributed by atoms with Gasteiger partial charge in [-0.05, 0) is 29.3 Å². The van der Waals surface area contributed by atoms with Crippen molar-refractivity contribution in [2.45, 2.75) is 19.1 Å². The molecule has 17 heavy (non-hydrogen) atoms. The van der Waals surface area contributed by atoms with E-state index in [1.54, 1.807) is 23.2 Å². The maximum Gasteiger partial charge on any atom is 0.239 e. The first-order chi connectivity index (χ1) is 7.68. The molecule has 2 atom stereocenters. The van der Waals surface area contributed by atoms with Gasteiger partial charge in [0, 0.05) is 6.54 Å². The van der Waals surface area contributed by atoms with E-state index in [1.807, 2.05) is 11.4 Å². The van der Waals surface area contributed by atoms with Gasteiger partial charge in [0.2, 0.25) is 5.91 Å². The fraction of sp³-hybridized carbons (Fsp3) is 0.545. The van der Waals surface area contributed by atoms with E-state index in [1.165, 1.54) is 0 Å². The predicted octanol–water partition coefficient (Wildman–Crippen LogP) is 1.42. The van der Waals surface area contributed by atoms with E-state index in [2.05, 4.69) is 5.38 Å². The summed E-state index contributed by atoms with van der Waals surface area (Å²) in [6.45, 7) is 3.55. The minimum Gasteiger partial charge on any atom is -0.370 e. The average molecular weight is 277 g/mol. The Labute approximate surface area is 111 Å². The summed E-state index contributed by atoms with van der Waals surface area (Å²) in [4.78, 5) is 13.5. The zero-order valence-electron chi connectivity index (χ0n) is 9.67. The normalized spacial score (nSPS) is 21.8. The second-order valence-electron chi connectivity index (χ2n) is 3.99. The molecule has 0 aromatic carbocycles. The number of halogens is 1. The molecule has 1 aromatic rings. The number of hydrogen-bond donors (Lipinski definition) is 1. The summed E-state index contributed by atoms with van der Waals surface area (Å²) >= 11 is 1.64. The lowest BCUT2D eigenvalue weighted by Crippen LogP contribution is -2.48. The highest BCUT2D eigenvalue weighted by Crippen LogP contribution is 2.24. The molecule has 4 nitrogen and oxygen atoms in total. The van der Waals surface area contributed by atoms with Crippen LogP contribution in [0.15, 0.2) is 16.8 Å². The molecule has 1 saturated heterocycles. The molecule has 2 heterocycles. The standard InChI is InChI=1S/C11H16N2O2S.ClH/c1-8(12)11(14)13-3-4-15-10(6-13)9-2-5-16-7-9;/h2,5,7-8,10H,3-4,6,12H2,1H3;1H/t8-,10?;/m1./s1. The van der Waals surface area contributed by atoms with Gasteiger partial charge >= 0.3 is 0 Å². The molecule has 1 aliphatic rings. The van der Waals surface area contributed by atoms with E-state index in [-0.39, 0.29) is 24.4 Å². The van der Waals surface area contributed by atoms with Crippen molar-refractivity contribution in [3.63, 3.8) is 0 Å². The molecule has 0 saturated carbocycles. The third kappa shape index (κ3) is 3.42. The molecule has 2 rings (SSSR count). The van der Waals surface area contributed by atoms with Crippen LogP contribution in [-0.2, 0) is 9.53 Å². The number of nitrogens with zero attached hydrogens (tertiary/aromatic N) is 1. The van der Waals surface area contributed by atoms with Crippen LogP contribution in [0.3, 0.4) is 0 Å². The molecule has 2 N–H and O–H groups in total. The second-order valence-corrected chi connectivity index (χ2v) is 4.77. The molecule has 0 spiro atoms. The molecule has 1 amide bonds. The Morgan fingerprint density at radius 3 is 3.06 bits per heavy atom. The first-order valence-electron chi connectivity index (χ1n) is 5.36. The van der Waals surface area contributed by atoms with Gasteiger partial charge in [0.25, 0.3) is 0 Å². The maximum atomic E-state index is 11.8. The van der Waals surface area contributed by atoms with Crippen molar-refractivity contribution in [1.82, 2.24) is 4.90 Å². The third-order valence-electron chi connectivity index (χ3n) is 2.68. The SMILES string of the molecule is C[C@@H](N)C(=O)N1CCOC(c2ccsc2)C1.Cl. The summed E-state index contributed by atoms with van der Waals surface area (Å²) in [7, 11) is 0. The molecule has 0 radical (unpaired) electrons. The smallest absolute Gasteiger partial charge is 0.239 e. The third-order valence-corrected chi connectivity index (χ3v) is 3.38. The van der Waals surface area contributed by atoms with E-state index in [4.69, 9.17) is 10.5 Å². The highest BCUT2D eigenvalue weighted by atomic mass is 35.5. The van der Waals surface area contributed by atoms with Gasteiger partial charge in [-0.1, -0.05) is 0 Å². The molecule has 1 aromatic heterocycles. The van der Waals surface area contributed by atoms with Crippen LogP contribution in [0.5, 0.6) is 0 Å². The molecule has 1 fully saturated rings. The van der Waals surface area contributed by atoms with Crippen LogP contribution in [0.2, 0.25) is 0 Å². The lowest BCUT2D eigenvalue weighted by atomic mass is 10.1. The Hall–Kier alpha value is -0.620. The van der Waals surface area contributed by atoms with Crippen LogP contribution in [-0.4, -0.2) is 36.5 Å². The van der Waals surface area contributed by atoms with E-state index < -0.39 is 6.04 Å². The highest BCUT2D eigenvalue weighted by Gasteiger charge is 2.26. The zero-order chi connectivity index (χ0) is 11.5. The summed E-state index contributed by atoms with van der Waals surface area (Å²) in [5.41, 5.74) is 6.75. The van der Waals surface area contributed by atoms with Crippen molar-refractivity contribution in [1.29, 1.82) is 0 Å². The molecule has 0 bridgehead atoms. The Morgan fingerprint density at radius 1 is 1.71 bits per heavy atom. The van der Waals surface area contributed by atoms with Crippen LogP contribution >= 0.6 is 23.7 Å². The number of carbonyl (C=O) groups is 1. The van der Waals surface area contributed by atoms with E-state index in [0.717, 1.165) is 5.56 Å². The van der Waals surface area contributed by atoms with Crippen molar-refractivity contribution in [2.75, 3.05) is 19.7 Å². The van der Waals surface area contributed by atoms with Crippen molar-refractivity contribution in [2.24, 2.45) is 5.73 Å². The first-order valence-corrected chi connectivity index (χ1v) is 6.31. The average Bonchev–Trinajstić information content (AvgIpc) is 2.81. The summed E-state index contributed by atoms with van der Waals surface area (Å²) < 4.78 is 5.65. The lowest BCUT2D eigenvalue weighted by molar-refractivity contribution is -0.140. The van der Waals surface area contributed by atoms with Gasteiger partial charge in [0.1, 0.15) is 6.10 Å². The molecule has 1 unspecified atom stereocenters. The summed E-state index contributed by atoms with van der Waals surface area (Å²) in [5, 5.41) is 4.08. The number of ether oxygens (including phenoxy) is 1. The minimum absolute atomic E-state index is 0. The van der Waals surface area contributed by atoms with Crippen LogP contribution in [0, 0.1) is 0 Å². The fourth-order valence-electron chi connectivity index (χ4n) is 1.80. The topological polar surface area (TPSA) is 55.6 Å². The van der Waals surface area contributed by atoms with Crippen LogP contribution in [0.4, 0.5) is 0 Å². The number of rotatable bonds is 2. The highest BCUT2D eigenvalue weighted by molar-refractivity contribution is 7.07. The molecule has 1 aliphatic heterocycles. The predicted molar refractivity (Wildman–Crippen MR) is 70.5 cm³/mol. The fourth-order valence-corrected chi connectivity index (χ4v) is 2.50. The monoisotopic (exact) mass is 276 g/mol. The summed E-state index contributed by atoms with van der Waals surface area (Å²) in [6, 6.07) is 1.61. The summed E-state index contributed by atoms with van der Waals surface area (Å²) in [5.74, 6) is 0.00327. The Balaban J connectivity index is 0.00000144. The van der Waals surface area contributed by atoms with Crippen molar-refractivity contribution < 1.29 is 9.53 Å². The van der Waals surface area contributed by atoms with Gasteiger partial charge in [-0.2, -0.15) is 11.3 Å². The Morgan fingerprint density at radius 2 is 2.47 bits per heavy atom. The number of morpholine rings is 1. The lowest BCUT2D eigenvalue weighted by Gasteiger charge is -2.33. The van der Waals surface area contributed by atoms with E-state index >= 15 is 0 Å². The van der Waals surface area contributed by atoms with Crippen molar-refractivity contribution >= 4 is 29.7 Å². The summed E-state index contributed by atoms with van der Waals surface area (Å²) in [6.07, 6.45) is 0.00250.